The first-order valence-corrected chi connectivity index (χ1v) is 10.0. The number of pyridine rings is 1. The van der Waals surface area contributed by atoms with Crippen molar-refractivity contribution in [2.45, 2.75) is 17.1 Å². The standard InChI is InChI=1S/C17H9ClF4N4S2/c18-13-5-10(17(20,21)22)6-26-14(13)24-25-16(26)28-8-12-7-27-15(23-12)9-1-3-11(19)4-2-9/h1-7H,8H2. The van der Waals surface area contributed by atoms with Crippen LogP contribution in [0.4, 0.5) is 17.6 Å². The molecule has 4 rings (SSSR count). The third kappa shape index (κ3) is 3.85. The third-order valence-corrected chi connectivity index (χ3v) is 5.94. The summed E-state index contributed by atoms with van der Waals surface area (Å²) in [4.78, 5) is 4.48. The average Bonchev–Trinajstić information content (AvgIpc) is 3.27. The lowest BCUT2D eigenvalue weighted by molar-refractivity contribution is -0.137. The number of thiazole rings is 1. The molecule has 144 valence electrons. The number of alkyl halides is 3. The van der Waals surface area contributed by atoms with E-state index in [-0.39, 0.29) is 21.6 Å². The molecular formula is C17H9ClF4N4S2. The zero-order chi connectivity index (χ0) is 19.9. The van der Waals surface area contributed by atoms with Gasteiger partial charge in [-0.1, -0.05) is 23.4 Å². The van der Waals surface area contributed by atoms with E-state index in [9.17, 15) is 17.6 Å². The Bertz CT molecular complexity index is 1140. The second-order valence-electron chi connectivity index (χ2n) is 5.69. The van der Waals surface area contributed by atoms with Crippen LogP contribution in [-0.4, -0.2) is 19.6 Å². The minimum absolute atomic E-state index is 0.124. The van der Waals surface area contributed by atoms with Gasteiger partial charge in [0.25, 0.3) is 0 Å². The molecule has 3 heterocycles. The fourth-order valence-electron chi connectivity index (χ4n) is 2.42. The van der Waals surface area contributed by atoms with E-state index in [2.05, 4.69) is 15.2 Å². The highest BCUT2D eigenvalue weighted by molar-refractivity contribution is 7.98. The topological polar surface area (TPSA) is 43.1 Å². The molecule has 0 aliphatic rings. The second kappa shape index (κ2) is 7.34. The summed E-state index contributed by atoms with van der Waals surface area (Å²) in [6, 6.07) is 6.82. The van der Waals surface area contributed by atoms with Gasteiger partial charge in [0.05, 0.1) is 16.3 Å². The largest absolute Gasteiger partial charge is 0.417 e. The Kier molecular flexibility index (Phi) is 5.02. The van der Waals surface area contributed by atoms with Gasteiger partial charge in [-0.2, -0.15) is 13.2 Å². The molecule has 11 heteroatoms. The number of nitrogens with zero attached hydrogens (tertiary/aromatic N) is 4. The molecule has 3 aromatic heterocycles. The molecule has 0 amide bonds. The van der Waals surface area contributed by atoms with Gasteiger partial charge in [-0.05, 0) is 30.3 Å². The summed E-state index contributed by atoms with van der Waals surface area (Å²) in [6.45, 7) is 0. The van der Waals surface area contributed by atoms with Gasteiger partial charge in [-0.15, -0.1) is 21.5 Å². The molecule has 0 unspecified atom stereocenters. The Hall–Kier alpha value is -2.17. The van der Waals surface area contributed by atoms with Crippen molar-refractivity contribution in [1.29, 1.82) is 0 Å². The number of aromatic nitrogens is 4. The Morgan fingerprint density at radius 1 is 1.14 bits per heavy atom. The fourth-order valence-corrected chi connectivity index (χ4v) is 4.40. The van der Waals surface area contributed by atoms with Crippen LogP contribution in [0, 0.1) is 5.82 Å². The number of fused-ring (bicyclic) bond motifs is 1. The maximum absolute atomic E-state index is 13.0. The third-order valence-electron chi connectivity index (χ3n) is 3.75. The summed E-state index contributed by atoms with van der Waals surface area (Å²) < 4.78 is 53.3. The lowest BCUT2D eigenvalue weighted by atomic mass is 10.2. The maximum Gasteiger partial charge on any atom is 0.417 e. The highest BCUT2D eigenvalue weighted by Gasteiger charge is 2.32. The van der Waals surface area contributed by atoms with Crippen molar-refractivity contribution < 1.29 is 17.6 Å². The Morgan fingerprint density at radius 2 is 1.89 bits per heavy atom. The van der Waals surface area contributed by atoms with Crippen molar-refractivity contribution in [3.63, 3.8) is 0 Å². The van der Waals surface area contributed by atoms with Gasteiger partial charge < -0.3 is 0 Å². The van der Waals surface area contributed by atoms with Gasteiger partial charge in [0.2, 0.25) is 0 Å². The molecular weight excluding hydrogens is 436 g/mol. The van der Waals surface area contributed by atoms with E-state index in [1.54, 1.807) is 12.1 Å². The second-order valence-corrected chi connectivity index (χ2v) is 7.90. The van der Waals surface area contributed by atoms with Crippen LogP contribution in [0.1, 0.15) is 11.3 Å². The summed E-state index contributed by atoms with van der Waals surface area (Å²) in [7, 11) is 0. The first-order valence-electron chi connectivity index (χ1n) is 7.76. The minimum Gasteiger partial charge on any atom is -0.276 e. The van der Waals surface area contributed by atoms with Crippen molar-refractivity contribution in [2.24, 2.45) is 0 Å². The fraction of sp³-hybridized carbons (Fsp3) is 0.118. The number of thioether (sulfide) groups is 1. The van der Waals surface area contributed by atoms with Gasteiger partial charge in [0.15, 0.2) is 10.8 Å². The molecule has 28 heavy (non-hydrogen) atoms. The van der Waals surface area contributed by atoms with Gasteiger partial charge in [0, 0.05) is 22.9 Å². The molecule has 0 saturated carbocycles. The number of hydrogen-bond acceptors (Lipinski definition) is 5. The van der Waals surface area contributed by atoms with Crippen LogP contribution in [0.3, 0.4) is 0 Å². The van der Waals surface area contributed by atoms with Crippen LogP contribution in [0.2, 0.25) is 5.02 Å². The maximum atomic E-state index is 13.0. The number of halogens is 5. The van der Waals surface area contributed by atoms with Crippen LogP contribution < -0.4 is 0 Å². The molecule has 0 atom stereocenters. The highest BCUT2D eigenvalue weighted by atomic mass is 35.5. The summed E-state index contributed by atoms with van der Waals surface area (Å²) in [5.74, 6) is 0.0541. The van der Waals surface area contributed by atoms with Crippen LogP contribution in [0.5, 0.6) is 0 Å². The van der Waals surface area contributed by atoms with E-state index in [4.69, 9.17) is 11.6 Å². The monoisotopic (exact) mass is 444 g/mol. The van der Waals surface area contributed by atoms with E-state index in [0.717, 1.165) is 28.5 Å². The minimum atomic E-state index is -4.52. The SMILES string of the molecule is Fc1ccc(-c2nc(CSc3nnc4c(Cl)cc(C(F)(F)F)cn34)cs2)cc1. The van der Waals surface area contributed by atoms with Gasteiger partial charge in [0.1, 0.15) is 10.8 Å². The van der Waals surface area contributed by atoms with E-state index in [0.29, 0.717) is 5.75 Å². The molecule has 0 bridgehead atoms. The lowest BCUT2D eigenvalue weighted by Gasteiger charge is -2.08. The lowest BCUT2D eigenvalue weighted by Crippen LogP contribution is -2.07. The average molecular weight is 445 g/mol. The smallest absolute Gasteiger partial charge is 0.276 e. The predicted octanol–water partition coefficient (Wildman–Crippen LogP) is 5.96. The van der Waals surface area contributed by atoms with Gasteiger partial charge in [-0.3, -0.25) is 4.40 Å². The van der Waals surface area contributed by atoms with Gasteiger partial charge >= 0.3 is 6.18 Å². The molecule has 1 aromatic carbocycles. The Morgan fingerprint density at radius 3 is 2.61 bits per heavy atom. The van der Waals surface area contributed by atoms with Crippen molar-refractivity contribution in [2.75, 3.05) is 0 Å². The number of rotatable bonds is 4. The molecule has 4 nitrogen and oxygen atoms in total. The van der Waals surface area contributed by atoms with Gasteiger partial charge in [-0.25, -0.2) is 9.37 Å². The summed E-state index contributed by atoms with van der Waals surface area (Å²) >= 11 is 8.51. The quantitative estimate of drug-likeness (QED) is 0.288. The molecule has 0 radical (unpaired) electrons. The van der Waals surface area contributed by atoms with Crippen molar-refractivity contribution in [3.8, 4) is 10.6 Å². The summed E-state index contributed by atoms with van der Waals surface area (Å²) in [6.07, 6.45) is -3.60. The molecule has 0 saturated heterocycles. The molecule has 0 aliphatic heterocycles. The van der Waals surface area contributed by atoms with Crippen LogP contribution in [0.15, 0.2) is 47.1 Å². The molecule has 0 fully saturated rings. The van der Waals surface area contributed by atoms with Crippen LogP contribution in [-0.2, 0) is 11.9 Å². The normalized spacial score (nSPS) is 12.0. The zero-order valence-corrected chi connectivity index (χ0v) is 16.1. The van der Waals surface area contributed by atoms with Crippen molar-refractivity contribution in [3.05, 3.63) is 64.0 Å². The van der Waals surface area contributed by atoms with Crippen LogP contribution in [0.25, 0.3) is 16.2 Å². The molecule has 0 aliphatic carbocycles. The molecule has 0 N–H and O–H groups in total. The van der Waals surface area contributed by atoms with Crippen molar-refractivity contribution in [1.82, 2.24) is 19.6 Å². The Balaban J connectivity index is 1.56. The van der Waals surface area contributed by atoms with Crippen LogP contribution >= 0.6 is 34.7 Å². The zero-order valence-electron chi connectivity index (χ0n) is 13.7. The van der Waals surface area contributed by atoms with Crippen molar-refractivity contribution >= 4 is 40.3 Å². The van der Waals surface area contributed by atoms with E-state index >= 15 is 0 Å². The molecule has 4 aromatic rings. The highest BCUT2D eigenvalue weighted by Crippen LogP contribution is 2.34. The number of hydrogen-bond donors (Lipinski definition) is 0. The Labute approximate surface area is 169 Å². The molecule has 0 spiro atoms. The first-order chi connectivity index (χ1) is 13.3. The first kappa shape index (κ1) is 19.2. The summed E-state index contributed by atoms with van der Waals surface area (Å²) in [5.41, 5.74) is 0.794. The predicted molar refractivity (Wildman–Crippen MR) is 100 cm³/mol. The summed E-state index contributed by atoms with van der Waals surface area (Å²) in [5, 5.41) is 10.5. The van der Waals surface area contributed by atoms with E-state index in [1.807, 2.05) is 5.38 Å². The van der Waals surface area contributed by atoms with E-state index in [1.165, 1.54) is 39.6 Å². The van der Waals surface area contributed by atoms with E-state index < -0.39 is 11.7 Å². The number of benzene rings is 1.